The van der Waals surface area contributed by atoms with Crippen LogP contribution in [0.5, 0.6) is 0 Å². The van der Waals surface area contributed by atoms with E-state index in [-0.39, 0.29) is 11.9 Å². The summed E-state index contributed by atoms with van der Waals surface area (Å²) in [4.78, 5) is 18.7. The Morgan fingerprint density at radius 1 is 1.29 bits per heavy atom. The molecule has 0 saturated carbocycles. The number of carbonyl (C=O) groups excluding carboxylic acids is 1. The first-order valence-electron chi connectivity index (χ1n) is 7.55. The summed E-state index contributed by atoms with van der Waals surface area (Å²) in [6, 6.07) is 8.87. The maximum atomic E-state index is 12.6. The fraction of sp³-hybridized carbons (Fsp3) is 0.438. The highest BCUT2D eigenvalue weighted by Crippen LogP contribution is 2.46. The number of piperidine rings is 1. The normalized spacial score (nSPS) is 23.1. The molecular formula is C16H18N4O. The van der Waals surface area contributed by atoms with Crippen LogP contribution in [-0.2, 0) is 11.2 Å². The van der Waals surface area contributed by atoms with Crippen LogP contribution in [0.1, 0.15) is 48.2 Å². The van der Waals surface area contributed by atoms with Crippen LogP contribution in [0.25, 0.3) is 0 Å². The number of aromatic amines is 1. The van der Waals surface area contributed by atoms with Crippen LogP contribution in [0.2, 0.25) is 0 Å². The van der Waals surface area contributed by atoms with Crippen molar-refractivity contribution in [3.8, 4) is 0 Å². The average molecular weight is 282 g/mol. The van der Waals surface area contributed by atoms with E-state index in [1.165, 1.54) is 23.9 Å². The lowest BCUT2D eigenvalue weighted by Crippen LogP contribution is -2.45. The second-order valence-corrected chi connectivity index (χ2v) is 5.90. The number of hydrogen-bond donors (Lipinski definition) is 1. The average Bonchev–Trinajstić information content (AvgIpc) is 3.07. The van der Waals surface area contributed by atoms with Gasteiger partial charge in [0, 0.05) is 25.3 Å². The number of rotatable bonds is 3. The van der Waals surface area contributed by atoms with Gasteiger partial charge in [-0.1, -0.05) is 24.3 Å². The summed E-state index contributed by atoms with van der Waals surface area (Å²) in [7, 11) is 0. The van der Waals surface area contributed by atoms with Crippen LogP contribution in [0.15, 0.2) is 30.6 Å². The molecular weight excluding hydrogens is 264 g/mol. The number of aromatic nitrogens is 3. The number of nitrogens with one attached hydrogen (secondary N) is 1. The van der Waals surface area contributed by atoms with Gasteiger partial charge in [0.2, 0.25) is 5.91 Å². The van der Waals surface area contributed by atoms with E-state index in [2.05, 4.69) is 44.3 Å². The standard InChI is InChI=1S/C16H18N4O/c21-16(8-7-15-17-10-18-19-15)20-9-11-5-6-14(20)13-4-2-1-3-12(11)13/h1-4,10-11,14H,5-9H2,(H,17,18,19)/t11-,14+/m1/s1. The Morgan fingerprint density at radius 3 is 2.95 bits per heavy atom. The van der Waals surface area contributed by atoms with Gasteiger partial charge in [-0.2, -0.15) is 5.10 Å². The number of carbonyl (C=O) groups is 1. The zero-order chi connectivity index (χ0) is 14.2. The minimum Gasteiger partial charge on any atom is -0.335 e. The zero-order valence-corrected chi connectivity index (χ0v) is 11.8. The first-order valence-corrected chi connectivity index (χ1v) is 7.55. The summed E-state index contributed by atoms with van der Waals surface area (Å²) >= 11 is 0. The van der Waals surface area contributed by atoms with E-state index in [9.17, 15) is 4.79 Å². The molecule has 1 N–H and O–H groups in total. The molecule has 1 saturated heterocycles. The highest BCUT2D eigenvalue weighted by molar-refractivity contribution is 5.77. The van der Waals surface area contributed by atoms with Gasteiger partial charge in [-0.25, -0.2) is 4.98 Å². The molecule has 1 aromatic heterocycles. The van der Waals surface area contributed by atoms with Crippen LogP contribution in [0.4, 0.5) is 0 Å². The summed E-state index contributed by atoms with van der Waals surface area (Å²) in [6.45, 7) is 0.872. The van der Waals surface area contributed by atoms with Crippen molar-refractivity contribution in [1.29, 1.82) is 0 Å². The molecule has 1 fully saturated rings. The second-order valence-electron chi connectivity index (χ2n) is 5.90. The molecule has 5 nitrogen and oxygen atoms in total. The van der Waals surface area contributed by atoms with E-state index in [4.69, 9.17) is 0 Å². The second kappa shape index (κ2) is 4.98. The first kappa shape index (κ1) is 12.6. The van der Waals surface area contributed by atoms with Crippen molar-refractivity contribution in [2.75, 3.05) is 6.54 Å². The molecule has 1 aliphatic carbocycles. The third kappa shape index (κ3) is 2.13. The van der Waals surface area contributed by atoms with Crippen molar-refractivity contribution in [3.05, 3.63) is 47.5 Å². The molecule has 21 heavy (non-hydrogen) atoms. The molecule has 3 heterocycles. The SMILES string of the molecule is O=C(CCc1ncn[nH]1)N1C[C@H]2CC[C@H]1c1ccccc12. The topological polar surface area (TPSA) is 61.9 Å². The van der Waals surface area contributed by atoms with Crippen LogP contribution < -0.4 is 0 Å². The third-order valence-electron chi connectivity index (χ3n) is 4.74. The molecule has 2 aliphatic heterocycles. The smallest absolute Gasteiger partial charge is 0.223 e. The zero-order valence-electron chi connectivity index (χ0n) is 11.8. The number of fused-ring (bicyclic) bond motifs is 2. The Labute approximate surface area is 123 Å². The summed E-state index contributed by atoms with van der Waals surface area (Å²) < 4.78 is 0. The van der Waals surface area contributed by atoms with Crippen molar-refractivity contribution >= 4 is 5.91 Å². The fourth-order valence-corrected chi connectivity index (χ4v) is 3.73. The number of benzene rings is 1. The van der Waals surface area contributed by atoms with Crippen molar-refractivity contribution in [3.63, 3.8) is 0 Å². The van der Waals surface area contributed by atoms with E-state index in [0.29, 0.717) is 18.8 Å². The molecule has 108 valence electrons. The molecule has 0 unspecified atom stereocenters. The number of H-pyrrole nitrogens is 1. The van der Waals surface area contributed by atoms with Crippen LogP contribution >= 0.6 is 0 Å². The Balaban J connectivity index is 1.51. The number of aryl methyl sites for hydroxylation is 1. The molecule has 5 rings (SSSR count). The molecule has 2 aromatic rings. The summed E-state index contributed by atoms with van der Waals surface area (Å²) in [5, 5.41) is 6.63. The van der Waals surface area contributed by atoms with Gasteiger partial charge in [-0.05, 0) is 24.0 Å². The van der Waals surface area contributed by atoms with Crippen LogP contribution in [0, 0.1) is 0 Å². The van der Waals surface area contributed by atoms with Gasteiger partial charge in [-0.3, -0.25) is 9.89 Å². The largest absolute Gasteiger partial charge is 0.335 e. The molecule has 1 aromatic carbocycles. The molecule has 5 heteroatoms. The van der Waals surface area contributed by atoms with Crippen molar-refractivity contribution in [1.82, 2.24) is 20.1 Å². The van der Waals surface area contributed by atoms with Gasteiger partial charge < -0.3 is 4.90 Å². The highest BCUT2D eigenvalue weighted by Gasteiger charge is 2.39. The van der Waals surface area contributed by atoms with E-state index in [1.807, 2.05) is 0 Å². The minimum absolute atomic E-state index is 0.232. The fourth-order valence-electron chi connectivity index (χ4n) is 3.73. The molecule has 3 aliphatic rings. The highest BCUT2D eigenvalue weighted by atomic mass is 16.2. The van der Waals surface area contributed by atoms with Gasteiger partial charge in [0.25, 0.3) is 0 Å². The van der Waals surface area contributed by atoms with Gasteiger partial charge in [-0.15, -0.1) is 0 Å². The molecule has 1 amide bonds. The predicted octanol–water partition coefficient (Wildman–Crippen LogP) is 2.20. The van der Waals surface area contributed by atoms with Crippen molar-refractivity contribution in [2.24, 2.45) is 0 Å². The lowest BCUT2D eigenvalue weighted by atomic mass is 9.75. The van der Waals surface area contributed by atoms with Gasteiger partial charge in [0.1, 0.15) is 12.2 Å². The summed E-state index contributed by atoms with van der Waals surface area (Å²) in [5.74, 6) is 1.53. The minimum atomic E-state index is 0.232. The van der Waals surface area contributed by atoms with Gasteiger partial charge in [0.05, 0.1) is 6.04 Å². The lowest BCUT2D eigenvalue weighted by molar-refractivity contribution is -0.136. The van der Waals surface area contributed by atoms with Crippen LogP contribution in [-0.4, -0.2) is 32.5 Å². The number of amides is 1. The Bertz CT molecular complexity index is 652. The van der Waals surface area contributed by atoms with Gasteiger partial charge in [0.15, 0.2) is 0 Å². The van der Waals surface area contributed by atoms with E-state index < -0.39 is 0 Å². The Kier molecular flexibility index (Phi) is 2.98. The molecule has 0 spiro atoms. The van der Waals surface area contributed by atoms with Crippen molar-refractivity contribution < 1.29 is 4.79 Å². The van der Waals surface area contributed by atoms with Crippen molar-refractivity contribution in [2.45, 2.75) is 37.6 Å². The molecule has 2 atom stereocenters. The monoisotopic (exact) mass is 282 g/mol. The first-order chi connectivity index (χ1) is 10.3. The maximum absolute atomic E-state index is 12.6. The van der Waals surface area contributed by atoms with E-state index >= 15 is 0 Å². The summed E-state index contributed by atoms with van der Waals surface area (Å²) in [5.41, 5.74) is 2.81. The maximum Gasteiger partial charge on any atom is 0.223 e. The number of hydrogen-bond acceptors (Lipinski definition) is 3. The lowest BCUT2D eigenvalue weighted by Gasteiger charge is -2.46. The quantitative estimate of drug-likeness (QED) is 0.938. The Morgan fingerprint density at radius 2 is 2.14 bits per heavy atom. The summed E-state index contributed by atoms with van der Waals surface area (Å²) in [6.07, 6.45) is 4.91. The molecule has 2 bridgehead atoms. The number of nitrogens with zero attached hydrogens (tertiary/aromatic N) is 3. The van der Waals surface area contributed by atoms with Crippen LogP contribution in [0.3, 0.4) is 0 Å². The van der Waals surface area contributed by atoms with E-state index in [1.54, 1.807) is 0 Å². The predicted molar refractivity (Wildman–Crippen MR) is 77.6 cm³/mol. The van der Waals surface area contributed by atoms with E-state index in [0.717, 1.165) is 18.8 Å². The third-order valence-corrected chi connectivity index (χ3v) is 4.74. The molecule has 0 radical (unpaired) electrons. The Hall–Kier alpha value is -2.17. The van der Waals surface area contributed by atoms with Gasteiger partial charge >= 0.3 is 0 Å².